The van der Waals surface area contributed by atoms with Gasteiger partial charge in [0.2, 0.25) is 10.9 Å². The maximum atomic E-state index is 12.8. The maximum absolute atomic E-state index is 12.8. The molecular weight excluding hydrogens is 512 g/mol. The van der Waals surface area contributed by atoms with E-state index in [0.29, 0.717) is 11.1 Å². The van der Waals surface area contributed by atoms with E-state index in [1.807, 2.05) is 0 Å². The van der Waals surface area contributed by atoms with Crippen LogP contribution in [0, 0.1) is 0 Å². The van der Waals surface area contributed by atoms with Gasteiger partial charge >= 0.3 is 0 Å². The van der Waals surface area contributed by atoms with Crippen LogP contribution in [0.15, 0.2) is 102 Å². The molecule has 0 atom stereocenters. The van der Waals surface area contributed by atoms with Crippen molar-refractivity contribution in [2.45, 2.75) is 9.79 Å². The van der Waals surface area contributed by atoms with Gasteiger partial charge in [-0.3, -0.25) is 29.5 Å². The summed E-state index contributed by atoms with van der Waals surface area (Å²) >= 11 is 0. The Kier molecular flexibility index (Phi) is 6.51. The fourth-order valence-corrected chi connectivity index (χ4v) is 4.45. The Bertz CT molecular complexity index is 1930. The molecule has 0 saturated carbocycles. The minimum absolute atomic E-state index is 0.167. The van der Waals surface area contributed by atoms with Gasteiger partial charge in [-0.25, -0.2) is 0 Å². The van der Waals surface area contributed by atoms with Gasteiger partial charge in [0.05, 0.1) is 16.3 Å². The largest absolute Gasteiger partial charge is 0.295 e. The van der Waals surface area contributed by atoms with E-state index in [-0.39, 0.29) is 26.2 Å². The molecule has 36 heavy (non-hydrogen) atoms. The predicted molar refractivity (Wildman–Crippen MR) is 130 cm³/mol. The molecule has 0 aromatic heterocycles. The number of nitrogens with zero attached hydrogens (tertiary/aromatic N) is 2. The highest BCUT2D eigenvalue weighted by Crippen LogP contribution is 2.29. The zero-order valence-corrected chi connectivity index (χ0v) is 19.6. The Balaban J connectivity index is 1.70. The fourth-order valence-electron chi connectivity index (χ4n) is 3.27. The molecule has 4 N–H and O–H groups in total. The lowest BCUT2D eigenvalue weighted by atomic mass is 10.1. The van der Waals surface area contributed by atoms with Crippen LogP contribution < -0.4 is 32.4 Å². The standard InChI is InChI=1S/C22H16N4O8S2/c27-19-11-9-18(22(28)21(19)26-23-13-5-7-14(8-6-13)35(29,30)31)25-24-17-10-12-20(36(32,33)34)16-4-2-1-3-15(16)17/h1-12,23-24H,(H,29,30,31)(H,32,33,34)/b25-18-,26-21+. The van der Waals surface area contributed by atoms with Crippen LogP contribution in [0.1, 0.15) is 0 Å². The SMILES string of the molecule is O=c1cc/c(=N/Nc2ccc(S(=O)(=O)O)c3ccccc23)c(=O)/c1=N/Nc1ccc(S(=O)(=O)O)cc1. The van der Waals surface area contributed by atoms with Crippen molar-refractivity contribution in [3.8, 4) is 0 Å². The van der Waals surface area contributed by atoms with Crippen molar-refractivity contribution in [3.63, 3.8) is 0 Å². The number of anilines is 2. The van der Waals surface area contributed by atoms with Gasteiger partial charge in [-0.15, -0.1) is 0 Å². The molecule has 0 aliphatic rings. The summed E-state index contributed by atoms with van der Waals surface area (Å²) in [6.45, 7) is 0. The van der Waals surface area contributed by atoms with Crippen molar-refractivity contribution in [1.82, 2.24) is 0 Å². The van der Waals surface area contributed by atoms with Crippen molar-refractivity contribution < 1.29 is 25.9 Å². The number of rotatable bonds is 6. The van der Waals surface area contributed by atoms with Crippen molar-refractivity contribution in [1.29, 1.82) is 0 Å². The molecule has 0 bridgehead atoms. The monoisotopic (exact) mass is 528 g/mol. The third-order valence-electron chi connectivity index (χ3n) is 4.98. The minimum Gasteiger partial charge on any atom is -0.287 e. The topological polar surface area (TPSA) is 192 Å². The fraction of sp³-hybridized carbons (Fsp3) is 0. The second-order valence-electron chi connectivity index (χ2n) is 7.34. The summed E-state index contributed by atoms with van der Waals surface area (Å²) in [6, 6.07) is 15.9. The van der Waals surface area contributed by atoms with E-state index in [9.17, 15) is 31.0 Å². The molecule has 4 aromatic rings. The zero-order valence-electron chi connectivity index (χ0n) is 18.0. The van der Waals surface area contributed by atoms with Crippen LogP contribution in [-0.4, -0.2) is 25.9 Å². The van der Waals surface area contributed by atoms with Crippen LogP contribution in [0.4, 0.5) is 11.4 Å². The highest BCUT2D eigenvalue weighted by Gasteiger charge is 2.15. The van der Waals surface area contributed by atoms with E-state index in [1.54, 1.807) is 18.2 Å². The van der Waals surface area contributed by atoms with Crippen LogP contribution in [0.25, 0.3) is 10.8 Å². The van der Waals surface area contributed by atoms with E-state index in [0.717, 1.165) is 18.2 Å². The van der Waals surface area contributed by atoms with Gasteiger partial charge in [-0.2, -0.15) is 27.0 Å². The van der Waals surface area contributed by atoms with Crippen LogP contribution in [0.3, 0.4) is 0 Å². The number of hydrogen-bond donors (Lipinski definition) is 4. The second kappa shape index (κ2) is 9.43. The summed E-state index contributed by atoms with van der Waals surface area (Å²) in [5.74, 6) is 0. The Morgan fingerprint density at radius 2 is 1.33 bits per heavy atom. The molecule has 0 aliphatic heterocycles. The summed E-state index contributed by atoms with van der Waals surface area (Å²) in [6.07, 6.45) is 0. The van der Waals surface area contributed by atoms with Crippen molar-refractivity contribution in [2.24, 2.45) is 10.2 Å². The van der Waals surface area contributed by atoms with Crippen molar-refractivity contribution in [2.75, 3.05) is 10.9 Å². The molecule has 4 aromatic carbocycles. The molecule has 0 heterocycles. The van der Waals surface area contributed by atoms with Crippen LogP contribution in [0.2, 0.25) is 0 Å². The number of fused-ring (bicyclic) bond motifs is 1. The molecule has 0 saturated heterocycles. The van der Waals surface area contributed by atoms with Crippen molar-refractivity contribution >= 4 is 42.4 Å². The summed E-state index contributed by atoms with van der Waals surface area (Å²) in [5.41, 5.74) is 4.22. The first-order valence-electron chi connectivity index (χ1n) is 9.96. The first-order valence-corrected chi connectivity index (χ1v) is 12.8. The van der Waals surface area contributed by atoms with Gasteiger partial charge in [0.1, 0.15) is 10.3 Å². The Hall–Kier alpha value is -4.24. The predicted octanol–water partition coefficient (Wildman–Crippen LogP) is 0.785. The van der Waals surface area contributed by atoms with Crippen LogP contribution in [0.5, 0.6) is 0 Å². The summed E-state index contributed by atoms with van der Waals surface area (Å²) in [4.78, 5) is 24.3. The second-order valence-corrected chi connectivity index (χ2v) is 10.2. The van der Waals surface area contributed by atoms with Gasteiger partial charge in [0.15, 0.2) is 5.36 Å². The molecule has 0 amide bonds. The molecule has 12 nitrogen and oxygen atoms in total. The van der Waals surface area contributed by atoms with E-state index < -0.39 is 36.5 Å². The number of hydrogen-bond acceptors (Lipinski definition) is 10. The molecule has 0 aliphatic carbocycles. The normalized spacial score (nSPS) is 13.2. The van der Waals surface area contributed by atoms with Crippen LogP contribution >= 0.6 is 0 Å². The lowest BCUT2D eigenvalue weighted by Gasteiger charge is -2.08. The van der Waals surface area contributed by atoms with Gasteiger partial charge in [-0.1, -0.05) is 24.3 Å². The summed E-state index contributed by atoms with van der Waals surface area (Å²) in [5, 5.41) is 7.81. The first-order chi connectivity index (χ1) is 16.9. The number of benzene rings is 4. The van der Waals surface area contributed by atoms with E-state index >= 15 is 0 Å². The first kappa shape index (κ1) is 24.9. The van der Waals surface area contributed by atoms with Crippen molar-refractivity contribution in [3.05, 3.63) is 104 Å². The molecule has 0 spiro atoms. The summed E-state index contributed by atoms with van der Waals surface area (Å²) in [7, 11) is -8.85. The smallest absolute Gasteiger partial charge is 0.287 e. The third-order valence-corrected chi connectivity index (χ3v) is 6.76. The maximum Gasteiger partial charge on any atom is 0.295 e. The number of nitrogens with one attached hydrogen (secondary N) is 2. The zero-order chi connectivity index (χ0) is 26.1. The highest BCUT2D eigenvalue weighted by atomic mass is 32.2. The molecule has 0 fully saturated rings. The van der Waals surface area contributed by atoms with E-state index in [2.05, 4.69) is 21.1 Å². The van der Waals surface area contributed by atoms with Gasteiger partial charge in [-0.05, 0) is 48.5 Å². The molecule has 184 valence electrons. The van der Waals surface area contributed by atoms with Gasteiger partial charge in [0.25, 0.3) is 20.2 Å². The molecule has 0 unspecified atom stereocenters. The molecule has 14 heteroatoms. The van der Waals surface area contributed by atoms with E-state index in [1.165, 1.54) is 36.4 Å². The molecule has 4 rings (SSSR count). The Morgan fingerprint density at radius 3 is 1.97 bits per heavy atom. The van der Waals surface area contributed by atoms with Gasteiger partial charge in [0, 0.05) is 10.8 Å². The lowest BCUT2D eigenvalue weighted by Crippen LogP contribution is -2.47. The molecule has 0 radical (unpaired) electrons. The lowest BCUT2D eigenvalue weighted by molar-refractivity contribution is 0.481. The molecular formula is C22H16N4O8S2. The van der Waals surface area contributed by atoms with Gasteiger partial charge < -0.3 is 0 Å². The minimum atomic E-state index is -4.47. The van der Waals surface area contributed by atoms with E-state index in [4.69, 9.17) is 4.55 Å². The quantitative estimate of drug-likeness (QED) is 0.205. The average Bonchev–Trinajstić information content (AvgIpc) is 2.82. The Labute approximate surface area is 203 Å². The van der Waals surface area contributed by atoms with Crippen LogP contribution in [-0.2, 0) is 20.2 Å². The highest BCUT2D eigenvalue weighted by molar-refractivity contribution is 7.86. The third kappa shape index (κ3) is 5.21. The average molecular weight is 529 g/mol. The summed E-state index contributed by atoms with van der Waals surface area (Å²) < 4.78 is 64.1. The Morgan fingerprint density at radius 1 is 0.667 bits per heavy atom.